The largest absolute Gasteiger partial charge is 0.355 e. The first kappa shape index (κ1) is 14.8. The number of amides is 1. The van der Waals surface area contributed by atoms with Gasteiger partial charge in [0, 0.05) is 30.7 Å². The van der Waals surface area contributed by atoms with E-state index in [1.54, 1.807) is 0 Å². The van der Waals surface area contributed by atoms with Gasteiger partial charge in [-0.1, -0.05) is 0 Å². The molecule has 1 saturated heterocycles. The minimum absolute atomic E-state index is 0.223. The van der Waals surface area contributed by atoms with E-state index in [-0.39, 0.29) is 17.9 Å². The minimum Gasteiger partial charge on any atom is -0.355 e. The van der Waals surface area contributed by atoms with Gasteiger partial charge in [0.05, 0.1) is 5.56 Å². The summed E-state index contributed by atoms with van der Waals surface area (Å²) in [6, 6.07) is 4.49. The summed E-state index contributed by atoms with van der Waals surface area (Å²) in [4.78, 5) is 18.6. The van der Waals surface area contributed by atoms with E-state index >= 15 is 0 Å². The third-order valence-corrected chi connectivity index (χ3v) is 4.53. The van der Waals surface area contributed by atoms with Crippen LogP contribution in [0.1, 0.15) is 42.5 Å². The van der Waals surface area contributed by atoms with Crippen molar-refractivity contribution in [3.63, 3.8) is 0 Å². The van der Waals surface area contributed by atoms with Crippen LogP contribution in [0.3, 0.4) is 0 Å². The van der Waals surface area contributed by atoms with E-state index in [2.05, 4.69) is 21.3 Å². The normalized spacial score (nSPS) is 18.9. The molecule has 1 aliphatic carbocycles. The molecule has 1 aliphatic heterocycles. The Kier molecular flexibility index (Phi) is 4.02. The van der Waals surface area contributed by atoms with Gasteiger partial charge in [-0.3, -0.25) is 4.79 Å². The molecule has 1 N–H and O–H groups in total. The van der Waals surface area contributed by atoms with E-state index < -0.39 is 0 Å². The third-order valence-electron chi connectivity index (χ3n) is 4.53. The van der Waals surface area contributed by atoms with Crippen LogP contribution in [0.15, 0.2) is 6.07 Å². The summed E-state index contributed by atoms with van der Waals surface area (Å²) in [5.41, 5.74) is 2.59. The molecule has 22 heavy (non-hydrogen) atoms. The fourth-order valence-electron chi connectivity index (χ4n) is 3.08. The van der Waals surface area contributed by atoms with E-state index in [0.29, 0.717) is 5.56 Å². The SMILES string of the molecule is Cc1cc(C)c(C#N)c(N2CCC(NC(=O)C3CC3)CC2)n1. The molecule has 1 amide bonds. The fourth-order valence-corrected chi connectivity index (χ4v) is 3.08. The highest BCUT2D eigenvalue weighted by Crippen LogP contribution is 2.30. The second-order valence-corrected chi connectivity index (χ2v) is 6.44. The number of nitrogens with zero attached hydrogens (tertiary/aromatic N) is 3. The van der Waals surface area contributed by atoms with Crippen molar-refractivity contribution in [1.82, 2.24) is 10.3 Å². The number of aromatic nitrogens is 1. The van der Waals surface area contributed by atoms with Gasteiger partial charge in [0.2, 0.25) is 5.91 Å². The molecule has 0 atom stereocenters. The molecule has 1 saturated carbocycles. The van der Waals surface area contributed by atoms with Crippen molar-refractivity contribution in [3.05, 3.63) is 22.9 Å². The lowest BCUT2D eigenvalue weighted by Gasteiger charge is -2.34. The van der Waals surface area contributed by atoms with Gasteiger partial charge >= 0.3 is 0 Å². The zero-order valence-electron chi connectivity index (χ0n) is 13.2. The molecule has 0 radical (unpaired) electrons. The van der Waals surface area contributed by atoms with Gasteiger partial charge in [0.15, 0.2) is 0 Å². The first-order valence-corrected chi connectivity index (χ1v) is 8.02. The van der Waals surface area contributed by atoms with Crippen LogP contribution in [0.2, 0.25) is 0 Å². The van der Waals surface area contributed by atoms with Crippen molar-refractivity contribution in [2.45, 2.75) is 45.6 Å². The van der Waals surface area contributed by atoms with Crippen molar-refractivity contribution >= 4 is 11.7 Å². The Bertz CT molecular complexity index is 622. The first-order chi connectivity index (χ1) is 10.6. The van der Waals surface area contributed by atoms with Crippen molar-refractivity contribution in [3.8, 4) is 6.07 Å². The Hall–Kier alpha value is -2.09. The van der Waals surface area contributed by atoms with Crippen LogP contribution < -0.4 is 10.2 Å². The molecule has 0 spiro atoms. The van der Waals surface area contributed by atoms with Gasteiger partial charge in [-0.2, -0.15) is 5.26 Å². The highest BCUT2D eigenvalue weighted by molar-refractivity contribution is 5.81. The number of hydrogen-bond donors (Lipinski definition) is 1. The predicted octanol–water partition coefficient (Wildman–Crippen LogP) is 2.07. The Labute approximate surface area is 131 Å². The molecular weight excluding hydrogens is 276 g/mol. The number of nitrogens with one attached hydrogen (secondary N) is 1. The van der Waals surface area contributed by atoms with Crippen LogP contribution >= 0.6 is 0 Å². The Morgan fingerprint density at radius 1 is 1.32 bits per heavy atom. The Morgan fingerprint density at radius 2 is 2.00 bits per heavy atom. The number of carbonyl (C=O) groups is 1. The average molecular weight is 298 g/mol. The molecule has 5 heteroatoms. The monoisotopic (exact) mass is 298 g/mol. The van der Waals surface area contributed by atoms with Gasteiger partial charge in [0.1, 0.15) is 11.9 Å². The second kappa shape index (κ2) is 5.96. The van der Waals surface area contributed by atoms with Crippen molar-refractivity contribution in [2.75, 3.05) is 18.0 Å². The lowest BCUT2D eigenvalue weighted by Crippen LogP contribution is -2.45. The van der Waals surface area contributed by atoms with Crippen molar-refractivity contribution in [2.24, 2.45) is 5.92 Å². The number of rotatable bonds is 3. The van der Waals surface area contributed by atoms with Crippen LogP contribution in [-0.2, 0) is 4.79 Å². The van der Waals surface area contributed by atoms with Crippen LogP contribution in [0.25, 0.3) is 0 Å². The summed E-state index contributed by atoms with van der Waals surface area (Å²) in [6.45, 7) is 5.58. The van der Waals surface area contributed by atoms with Crippen LogP contribution in [0.5, 0.6) is 0 Å². The van der Waals surface area contributed by atoms with E-state index in [9.17, 15) is 10.1 Å². The lowest BCUT2D eigenvalue weighted by atomic mass is 10.0. The van der Waals surface area contributed by atoms with Gasteiger partial charge in [-0.15, -0.1) is 0 Å². The number of nitriles is 1. The van der Waals surface area contributed by atoms with E-state index in [4.69, 9.17) is 0 Å². The molecule has 5 nitrogen and oxygen atoms in total. The molecule has 2 fully saturated rings. The summed E-state index contributed by atoms with van der Waals surface area (Å²) in [6.07, 6.45) is 3.92. The van der Waals surface area contributed by atoms with Crippen LogP contribution in [-0.4, -0.2) is 30.0 Å². The molecule has 0 unspecified atom stereocenters. The first-order valence-electron chi connectivity index (χ1n) is 8.02. The number of carbonyl (C=O) groups excluding carboxylic acids is 1. The van der Waals surface area contributed by atoms with Crippen LogP contribution in [0.4, 0.5) is 5.82 Å². The molecule has 3 rings (SSSR count). The zero-order valence-corrected chi connectivity index (χ0v) is 13.2. The molecular formula is C17H22N4O. The summed E-state index contributed by atoms with van der Waals surface area (Å²) in [5, 5.41) is 12.5. The smallest absolute Gasteiger partial charge is 0.223 e. The molecule has 116 valence electrons. The summed E-state index contributed by atoms with van der Waals surface area (Å²) >= 11 is 0. The van der Waals surface area contributed by atoms with Gasteiger partial charge in [0.25, 0.3) is 0 Å². The van der Waals surface area contributed by atoms with E-state index in [1.807, 2.05) is 19.9 Å². The minimum atomic E-state index is 0.223. The number of piperidine rings is 1. The molecule has 1 aromatic heterocycles. The fraction of sp³-hybridized carbons (Fsp3) is 0.588. The maximum Gasteiger partial charge on any atom is 0.223 e. The summed E-state index contributed by atoms with van der Waals surface area (Å²) < 4.78 is 0. The lowest BCUT2D eigenvalue weighted by molar-refractivity contribution is -0.123. The highest BCUT2D eigenvalue weighted by atomic mass is 16.2. The number of anilines is 1. The summed E-state index contributed by atoms with van der Waals surface area (Å²) in [5.74, 6) is 1.29. The van der Waals surface area contributed by atoms with Crippen molar-refractivity contribution in [1.29, 1.82) is 5.26 Å². The predicted molar refractivity (Wildman–Crippen MR) is 84.5 cm³/mol. The van der Waals surface area contributed by atoms with Crippen molar-refractivity contribution < 1.29 is 4.79 Å². The third kappa shape index (κ3) is 3.06. The Balaban J connectivity index is 1.66. The molecule has 1 aromatic rings. The van der Waals surface area contributed by atoms with Gasteiger partial charge < -0.3 is 10.2 Å². The number of aryl methyl sites for hydroxylation is 2. The highest BCUT2D eigenvalue weighted by Gasteiger charge is 2.32. The molecule has 0 bridgehead atoms. The molecule has 0 aromatic carbocycles. The molecule has 2 heterocycles. The topological polar surface area (TPSA) is 69.0 Å². The zero-order chi connectivity index (χ0) is 15.7. The quantitative estimate of drug-likeness (QED) is 0.927. The van der Waals surface area contributed by atoms with Gasteiger partial charge in [-0.05, 0) is 51.2 Å². The van der Waals surface area contributed by atoms with Gasteiger partial charge in [-0.25, -0.2) is 4.98 Å². The van der Waals surface area contributed by atoms with Crippen LogP contribution in [0, 0.1) is 31.1 Å². The number of pyridine rings is 1. The molecule has 2 aliphatic rings. The standard InChI is InChI=1S/C17H22N4O/c1-11-9-12(2)19-16(15(11)10-18)21-7-5-14(6-8-21)20-17(22)13-3-4-13/h9,13-14H,3-8H2,1-2H3,(H,20,22). The average Bonchev–Trinajstić information content (AvgIpc) is 3.32. The van der Waals surface area contributed by atoms with E-state index in [1.165, 1.54) is 0 Å². The summed E-state index contributed by atoms with van der Waals surface area (Å²) in [7, 11) is 0. The number of hydrogen-bond acceptors (Lipinski definition) is 4. The van der Waals surface area contributed by atoms with E-state index in [0.717, 1.165) is 55.8 Å². The maximum atomic E-state index is 11.8. The second-order valence-electron chi connectivity index (χ2n) is 6.44. The Morgan fingerprint density at radius 3 is 2.59 bits per heavy atom. The maximum absolute atomic E-state index is 11.8.